The average Bonchev–Trinajstić information content (AvgIpc) is 3.04. The number of benzene rings is 2. The van der Waals surface area contributed by atoms with E-state index in [9.17, 15) is 24.0 Å². The molecule has 0 fully saturated rings. The smallest absolute Gasteiger partial charge is 0.248 e. The van der Waals surface area contributed by atoms with E-state index >= 15 is 0 Å². The Bertz CT molecular complexity index is 1530. The first kappa shape index (κ1) is 36.3. The molecule has 4 atom stereocenters. The average molecular weight is 651 g/mol. The molecule has 3 rings (SSSR count). The maximum absolute atomic E-state index is 14.0. The van der Waals surface area contributed by atoms with E-state index in [0.717, 1.165) is 0 Å². The molecule has 0 saturated heterocycles. The van der Waals surface area contributed by atoms with Crippen LogP contribution in [0.25, 0.3) is 11.1 Å². The van der Waals surface area contributed by atoms with Crippen molar-refractivity contribution in [1.82, 2.24) is 26.2 Å². The van der Waals surface area contributed by atoms with Crippen molar-refractivity contribution < 1.29 is 33.4 Å². The molecule has 1 aliphatic rings. The van der Waals surface area contributed by atoms with Crippen LogP contribution in [0.1, 0.15) is 37.9 Å². The van der Waals surface area contributed by atoms with Gasteiger partial charge in [0.2, 0.25) is 29.5 Å². The van der Waals surface area contributed by atoms with Crippen molar-refractivity contribution in [1.29, 1.82) is 5.26 Å². The van der Waals surface area contributed by atoms with Gasteiger partial charge in [-0.3, -0.25) is 24.0 Å². The van der Waals surface area contributed by atoms with Crippen LogP contribution in [-0.4, -0.2) is 92.5 Å². The first-order valence-corrected chi connectivity index (χ1v) is 15.1. The molecule has 0 radical (unpaired) electrons. The molecule has 2 aromatic rings. The molecule has 252 valence electrons. The van der Waals surface area contributed by atoms with E-state index in [-0.39, 0.29) is 39.3 Å². The van der Waals surface area contributed by atoms with Gasteiger partial charge in [0.1, 0.15) is 55.4 Å². The van der Waals surface area contributed by atoms with Crippen LogP contribution >= 0.6 is 0 Å². The molecule has 47 heavy (non-hydrogen) atoms. The number of nitrogens with zero attached hydrogens (tertiary/aromatic N) is 2. The second kappa shape index (κ2) is 16.9. The molecular weight excluding hydrogens is 608 g/mol. The minimum Gasteiger partial charge on any atom is -0.492 e. The fourth-order valence-electron chi connectivity index (χ4n) is 5.13. The molecule has 2 aromatic carbocycles. The Labute approximate surface area is 273 Å². The lowest BCUT2D eigenvalue weighted by Gasteiger charge is -2.32. The van der Waals surface area contributed by atoms with Gasteiger partial charge >= 0.3 is 0 Å². The number of rotatable bonds is 11. The van der Waals surface area contributed by atoms with Crippen LogP contribution in [-0.2, 0) is 30.4 Å². The number of hydrogen-bond donors (Lipinski definition) is 6. The third-order valence-electron chi connectivity index (χ3n) is 7.34. The molecular formula is C32H42N8O7. The minimum atomic E-state index is -1.27. The molecule has 15 nitrogen and oxygen atoms in total. The Kier molecular flexibility index (Phi) is 13.1. The van der Waals surface area contributed by atoms with E-state index in [0.29, 0.717) is 33.8 Å². The highest BCUT2D eigenvalue weighted by Crippen LogP contribution is 2.40. The quantitative estimate of drug-likeness (QED) is 0.166. The molecule has 5 amide bonds. The second-order valence-electron chi connectivity index (χ2n) is 11.0. The molecule has 0 unspecified atom stereocenters. The Morgan fingerprint density at radius 3 is 2.23 bits per heavy atom. The molecule has 1 aliphatic heterocycles. The standard InChI is InChI=1S/C32H42N8O7/c1-18-29(42)39-25(30(43)36-12-9-33)16-21-5-7-26(46-13-10-34)23(15-21)24-17-22(6-8-27(24)47-14-11-35)28(31(44)38-18)40(4)32(45)19(2)37-20(3)41/h5-8,15,17-19,25,28H,10-14,16,34-35H2,1-4H3,(H,36,43)(H,37,41)(H,38,44)(H,39,42)/t18-,19-,25-,28-/m0/s1. The van der Waals surface area contributed by atoms with Crippen LogP contribution in [0.5, 0.6) is 11.5 Å². The maximum atomic E-state index is 14.0. The van der Waals surface area contributed by atoms with Crippen molar-refractivity contribution in [3.8, 4) is 28.7 Å². The van der Waals surface area contributed by atoms with Gasteiger partial charge in [0.25, 0.3) is 0 Å². The number of carbonyl (C=O) groups excluding carboxylic acids is 5. The van der Waals surface area contributed by atoms with Gasteiger partial charge < -0.3 is 47.1 Å². The summed E-state index contributed by atoms with van der Waals surface area (Å²) in [4.78, 5) is 66.7. The van der Waals surface area contributed by atoms with Crippen molar-refractivity contribution in [3.63, 3.8) is 0 Å². The molecule has 1 heterocycles. The SMILES string of the molecule is CC(=O)N[C@@H](C)C(=O)N(C)[C@@H]1C(=O)N[C@@H](C)C(=O)N[C@H](C(=O)NCC#N)Cc2ccc(OCCN)c(c2)-c2cc1ccc2OCCN. The first-order valence-electron chi connectivity index (χ1n) is 15.1. The van der Waals surface area contributed by atoms with E-state index in [1.165, 1.54) is 32.7 Å². The van der Waals surface area contributed by atoms with Crippen LogP contribution in [0.2, 0.25) is 0 Å². The van der Waals surface area contributed by atoms with Gasteiger partial charge in [-0.2, -0.15) is 5.26 Å². The van der Waals surface area contributed by atoms with E-state index in [1.54, 1.807) is 36.4 Å². The molecule has 8 N–H and O–H groups in total. The predicted molar refractivity (Wildman–Crippen MR) is 172 cm³/mol. The summed E-state index contributed by atoms with van der Waals surface area (Å²) in [6.07, 6.45) is 0.0351. The Morgan fingerprint density at radius 2 is 1.64 bits per heavy atom. The van der Waals surface area contributed by atoms with Gasteiger partial charge in [0.15, 0.2) is 0 Å². The van der Waals surface area contributed by atoms with E-state index in [1.807, 2.05) is 6.07 Å². The third kappa shape index (κ3) is 9.41. The van der Waals surface area contributed by atoms with Crippen molar-refractivity contribution in [2.45, 2.75) is 51.4 Å². The third-order valence-corrected chi connectivity index (χ3v) is 7.34. The summed E-state index contributed by atoms with van der Waals surface area (Å²) in [6.45, 7) is 4.74. The number of likely N-dealkylation sites (N-methyl/N-ethyl adjacent to an activating group) is 1. The normalized spacial score (nSPS) is 18.3. The zero-order valence-electron chi connectivity index (χ0n) is 26.9. The predicted octanol–water partition coefficient (Wildman–Crippen LogP) is -0.762. The van der Waals surface area contributed by atoms with Crippen LogP contribution in [0.4, 0.5) is 0 Å². The number of nitriles is 1. The number of carbonyl (C=O) groups is 5. The Balaban J connectivity index is 2.30. The van der Waals surface area contributed by atoms with Gasteiger partial charge in [0.05, 0.1) is 6.07 Å². The lowest BCUT2D eigenvalue weighted by Crippen LogP contribution is -2.55. The fraction of sp³-hybridized carbons (Fsp3) is 0.438. The van der Waals surface area contributed by atoms with Crippen molar-refractivity contribution >= 4 is 29.5 Å². The van der Waals surface area contributed by atoms with E-state index < -0.39 is 53.7 Å². The second-order valence-corrected chi connectivity index (χ2v) is 11.0. The van der Waals surface area contributed by atoms with Gasteiger partial charge in [-0.15, -0.1) is 0 Å². The fourth-order valence-corrected chi connectivity index (χ4v) is 5.13. The molecule has 0 saturated carbocycles. The number of hydrogen-bond acceptors (Lipinski definition) is 10. The highest BCUT2D eigenvalue weighted by Gasteiger charge is 2.34. The van der Waals surface area contributed by atoms with Gasteiger partial charge in [-0.25, -0.2) is 0 Å². The van der Waals surface area contributed by atoms with Crippen molar-refractivity contribution in [2.75, 3.05) is 39.9 Å². The summed E-state index contributed by atoms with van der Waals surface area (Å²) in [5.41, 5.74) is 13.5. The summed E-state index contributed by atoms with van der Waals surface area (Å²) in [5.74, 6) is -2.12. The molecule has 4 bridgehead atoms. The highest BCUT2D eigenvalue weighted by atomic mass is 16.5. The number of fused-ring (bicyclic) bond motifs is 5. The lowest BCUT2D eigenvalue weighted by molar-refractivity contribution is -0.142. The highest BCUT2D eigenvalue weighted by molar-refractivity contribution is 5.96. The van der Waals surface area contributed by atoms with Crippen LogP contribution in [0.3, 0.4) is 0 Å². The minimum absolute atomic E-state index is 0.0351. The largest absolute Gasteiger partial charge is 0.492 e. The molecule has 0 aliphatic carbocycles. The lowest BCUT2D eigenvalue weighted by atomic mass is 9.93. The number of nitrogens with one attached hydrogen (secondary N) is 4. The number of amides is 5. The Morgan fingerprint density at radius 1 is 1.02 bits per heavy atom. The van der Waals surface area contributed by atoms with Crippen LogP contribution in [0, 0.1) is 11.3 Å². The van der Waals surface area contributed by atoms with Gasteiger partial charge in [-0.05, 0) is 49.2 Å². The van der Waals surface area contributed by atoms with Gasteiger partial charge in [0, 0.05) is 44.6 Å². The zero-order valence-corrected chi connectivity index (χ0v) is 26.9. The van der Waals surface area contributed by atoms with Crippen LogP contribution in [0.15, 0.2) is 36.4 Å². The number of ether oxygens (including phenoxy) is 2. The van der Waals surface area contributed by atoms with Crippen molar-refractivity contribution in [3.05, 3.63) is 47.5 Å². The summed E-state index contributed by atoms with van der Waals surface area (Å²) in [5, 5.41) is 19.3. The molecule has 0 spiro atoms. The van der Waals surface area contributed by atoms with Crippen molar-refractivity contribution in [2.24, 2.45) is 11.5 Å². The summed E-state index contributed by atoms with van der Waals surface area (Å²) < 4.78 is 12.0. The summed E-state index contributed by atoms with van der Waals surface area (Å²) in [6, 6.07) is 7.54. The van der Waals surface area contributed by atoms with Crippen LogP contribution < -0.4 is 42.2 Å². The van der Waals surface area contributed by atoms with E-state index in [4.69, 9.17) is 26.2 Å². The molecule has 15 heteroatoms. The zero-order chi connectivity index (χ0) is 34.7. The summed E-state index contributed by atoms with van der Waals surface area (Å²) >= 11 is 0. The Hall–Kier alpha value is -5.20. The number of nitrogens with two attached hydrogens (primary N) is 2. The molecule has 0 aromatic heterocycles. The van der Waals surface area contributed by atoms with Gasteiger partial charge in [-0.1, -0.05) is 12.1 Å². The maximum Gasteiger partial charge on any atom is 0.248 e. The van der Waals surface area contributed by atoms with E-state index in [2.05, 4.69) is 21.3 Å². The topological polar surface area (TPSA) is 231 Å². The summed E-state index contributed by atoms with van der Waals surface area (Å²) in [7, 11) is 1.42. The first-order chi connectivity index (χ1) is 22.4. The monoisotopic (exact) mass is 650 g/mol.